The fraction of sp³-hybridized carbons (Fsp3) is 0.258. The Morgan fingerprint density at radius 1 is 0.857 bits per heavy atom. The average Bonchev–Trinajstić information content (AvgIpc) is 3.35. The molecule has 35 heavy (non-hydrogen) atoms. The highest BCUT2D eigenvalue weighted by molar-refractivity contribution is 6.39. The van der Waals surface area contributed by atoms with Gasteiger partial charge in [0.15, 0.2) is 5.66 Å². The van der Waals surface area contributed by atoms with Gasteiger partial charge in [0, 0.05) is 22.4 Å². The minimum absolute atomic E-state index is 0.141. The first-order valence-corrected chi connectivity index (χ1v) is 12.5. The van der Waals surface area contributed by atoms with Crippen molar-refractivity contribution >= 4 is 22.9 Å². The number of nitrogens with zero attached hydrogens (tertiary/aromatic N) is 2. The Morgan fingerprint density at radius 2 is 1.54 bits per heavy atom. The molecule has 1 atom stereocenters. The molecule has 1 aromatic heterocycles. The zero-order chi connectivity index (χ0) is 23.8. The second-order valence-corrected chi connectivity index (χ2v) is 9.69. The third-order valence-electron chi connectivity index (χ3n) is 7.41. The molecule has 2 heterocycles. The van der Waals surface area contributed by atoms with Crippen molar-refractivity contribution in [2.75, 3.05) is 0 Å². The average molecular weight is 461 g/mol. The lowest BCUT2D eigenvalue weighted by molar-refractivity contribution is 0.216. The molecule has 0 saturated heterocycles. The van der Waals surface area contributed by atoms with Crippen LogP contribution in [0.5, 0.6) is 0 Å². The summed E-state index contributed by atoms with van der Waals surface area (Å²) in [6.45, 7) is 2.01. The van der Waals surface area contributed by atoms with E-state index < -0.39 is 5.66 Å². The molecule has 1 aliphatic carbocycles. The number of hydrogen-bond donors (Lipinski definition) is 0. The highest BCUT2D eigenvalue weighted by atomic mass is 16.4. The molecule has 1 unspecified atom stereocenters. The molecule has 4 aromatic rings. The van der Waals surface area contributed by atoms with Crippen molar-refractivity contribution in [3.8, 4) is 11.1 Å². The third-order valence-corrected chi connectivity index (χ3v) is 7.41. The first-order valence-electron chi connectivity index (χ1n) is 12.5. The molecule has 0 amide bonds. The van der Waals surface area contributed by atoms with Gasteiger partial charge in [-0.15, -0.1) is 0 Å². The standard InChI is InChI=1S/C31H28N2O2/c1-21-17-18-25-27(19-21)35-30(34)29(28(25)23-13-7-3-8-14-23)31(24-15-9-4-10-16-24)32-20-26(33-31)22-11-5-2-6-12-22/h2-3,5-8,11-14,17-20,24H,4,9-10,15-16H2,1H3. The van der Waals surface area contributed by atoms with Gasteiger partial charge in [0.1, 0.15) is 5.58 Å². The van der Waals surface area contributed by atoms with Crippen LogP contribution in [0.2, 0.25) is 0 Å². The monoisotopic (exact) mass is 460 g/mol. The minimum atomic E-state index is -0.990. The second-order valence-electron chi connectivity index (χ2n) is 9.69. The van der Waals surface area contributed by atoms with Crippen LogP contribution in [0.1, 0.15) is 48.8 Å². The molecule has 1 fully saturated rings. The summed E-state index contributed by atoms with van der Waals surface area (Å²) in [5.41, 5.74) is 4.58. The normalized spacial score (nSPS) is 20.3. The molecule has 1 saturated carbocycles. The molecule has 2 aliphatic rings. The maximum absolute atomic E-state index is 13.9. The Morgan fingerprint density at radius 3 is 2.26 bits per heavy atom. The van der Waals surface area contributed by atoms with Gasteiger partial charge in [-0.2, -0.15) is 0 Å². The largest absolute Gasteiger partial charge is 0.422 e. The molecule has 0 spiro atoms. The lowest BCUT2D eigenvalue weighted by Gasteiger charge is -2.36. The number of hydrogen-bond acceptors (Lipinski definition) is 4. The van der Waals surface area contributed by atoms with E-state index in [1.165, 1.54) is 6.42 Å². The molecule has 0 radical (unpaired) electrons. The van der Waals surface area contributed by atoms with E-state index in [9.17, 15) is 4.79 Å². The van der Waals surface area contributed by atoms with Gasteiger partial charge in [0.25, 0.3) is 0 Å². The van der Waals surface area contributed by atoms with Crippen LogP contribution in [0, 0.1) is 12.8 Å². The lowest BCUT2D eigenvalue weighted by atomic mass is 9.75. The Balaban J connectivity index is 1.68. The van der Waals surface area contributed by atoms with Gasteiger partial charge >= 0.3 is 5.63 Å². The number of aryl methyl sites for hydroxylation is 1. The van der Waals surface area contributed by atoms with Crippen LogP contribution in [-0.2, 0) is 5.66 Å². The number of fused-ring (bicyclic) bond motifs is 1. The molecule has 4 heteroatoms. The summed E-state index contributed by atoms with van der Waals surface area (Å²) in [5, 5.41) is 0.921. The summed E-state index contributed by atoms with van der Waals surface area (Å²) < 4.78 is 6.01. The molecular formula is C31H28N2O2. The van der Waals surface area contributed by atoms with E-state index in [1.54, 1.807) is 0 Å². The van der Waals surface area contributed by atoms with Crippen molar-refractivity contribution in [3.05, 3.63) is 106 Å². The molecule has 174 valence electrons. The van der Waals surface area contributed by atoms with Crippen LogP contribution in [0.3, 0.4) is 0 Å². The molecular weight excluding hydrogens is 432 g/mol. The summed E-state index contributed by atoms with van der Waals surface area (Å²) in [7, 11) is 0. The van der Waals surface area contributed by atoms with Gasteiger partial charge in [-0.25, -0.2) is 9.79 Å². The van der Waals surface area contributed by atoms with Crippen LogP contribution in [-0.4, -0.2) is 11.9 Å². The fourth-order valence-corrected chi connectivity index (χ4v) is 5.72. The van der Waals surface area contributed by atoms with E-state index >= 15 is 0 Å². The van der Waals surface area contributed by atoms with E-state index in [0.717, 1.165) is 59.0 Å². The second kappa shape index (κ2) is 8.77. The Bertz CT molecular complexity index is 1500. The van der Waals surface area contributed by atoms with Crippen LogP contribution < -0.4 is 5.63 Å². The molecule has 1 aliphatic heterocycles. The van der Waals surface area contributed by atoms with Crippen molar-refractivity contribution in [1.29, 1.82) is 0 Å². The molecule has 6 rings (SSSR count). The van der Waals surface area contributed by atoms with Crippen LogP contribution >= 0.6 is 0 Å². The number of aliphatic imine (C=N–C) groups is 2. The maximum atomic E-state index is 13.9. The van der Waals surface area contributed by atoms with E-state index in [-0.39, 0.29) is 11.5 Å². The third kappa shape index (κ3) is 3.74. The Hall–Kier alpha value is -3.79. The summed E-state index contributed by atoms with van der Waals surface area (Å²) >= 11 is 0. The van der Waals surface area contributed by atoms with Gasteiger partial charge in [-0.3, -0.25) is 4.99 Å². The molecule has 4 nitrogen and oxygen atoms in total. The quantitative estimate of drug-likeness (QED) is 0.306. The highest BCUT2D eigenvalue weighted by Crippen LogP contribution is 2.48. The maximum Gasteiger partial charge on any atom is 0.344 e. The molecule has 0 N–H and O–H groups in total. The molecule has 0 bridgehead atoms. The smallest absolute Gasteiger partial charge is 0.344 e. The summed E-state index contributed by atoms with van der Waals surface area (Å²) in [6.07, 6.45) is 7.29. The topological polar surface area (TPSA) is 54.9 Å². The zero-order valence-corrected chi connectivity index (χ0v) is 19.9. The summed E-state index contributed by atoms with van der Waals surface area (Å²) in [4.78, 5) is 24.3. The summed E-state index contributed by atoms with van der Waals surface area (Å²) in [5.74, 6) is 0.141. The zero-order valence-electron chi connectivity index (χ0n) is 19.9. The van der Waals surface area contributed by atoms with Crippen molar-refractivity contribution in [2.24, 2.45) is 15.9 Å². The highest BCUT2D eigenvalue weighted by Gasteiger charge is 2.47. The predicted octanol–water partition coefficient (Wildman–Crippen LogP) is 7.08. The van der Waals surface area contributed by atoms with Gasteiger partial charge in [0.05, 0.1) is 17.5 Å². The minimum Gasteiger partial charge on any atom is -0.422 e. The Kier molecular flexibility index (Phi) is 5.44. The SMILES string of the molecule is Cc1ccc2c(-c3ccccc3)c(C3(C4CCCCC4)N=CC(c4ccccc4)=N3)c(=O)oc2c1. The van der Waals surface area contributed by atoms with Gasteiger partial charge in [-0.1, -0.05) is 92.1 Å². The Labute approximate surface area is 205 Å². The molecule has 3 aromatic carbocycles. The summed E-state index contributed by atoms with van der Waals surface area (Å²) in [6, 6.07) is 26.3. The van der Waals surface area contributed by atoms with Gasteiger partial charge in [-0.05, 0) is 37.0 Å². The first kappa shape index (κ1) is 21.7. The van der Waals surface area contributed by atoms with Gasteiger partial charge in [0.2, 0.25) is 0 Å². The van der Waals surface area contributed by atoms with Crippen LogP contribution in [0.4, 0.5) is 0 Å². The van der Waals surface area contributed by atoms with E-state index in [1.807, 2.05) is 67.7 Å². The van der Waals surface area contributed by atoms with E-state index in [0.29, 0.717) is 11.1 Å². The lowest BCUT2D eigenvalue weighted by Crippen LogP contribution is -2.37. The van der Waals surface area contributed by atoms with Gasteiger partial charge < -0.3 is 4.42 Å². The van der Waals surface area contributed by atoms with Crippen molar-refractivity contribution in [3.63, 3.8) is 0 Å². The van der Waals surface area contributed by atoms with Crippen LogP contribution in [0.15, 0.2) is 98.1 Å². The number of benzene rings is 3. The predicted molar refractivity (Wildman–Crippen MR) is 142 cm³/mol. The fourth-order valence-electron chi connectivity index (χ4n) is 5.72. The van der Waals surface area contributed by atoms with Crippen molar-refractivity contribution < 1.29 is 4.42 Å². The number of rotatable bonds is 4. The van der Waals surface area contributed by atoms with Crippen molar-refractivity contribution in [1.82, 2.24) is 0 Å². The van der Waals surface area contributed by atoms with E-state index in [2.05, 4.69) is 24.3 Å². The van der Waals surface area contributed by atoms with Crippen molar-refractivity contribution in [2.45, 2.75) is 44.7 Å². The van der Waals surface area contributed by atoms with Crippen LogP contribution in [0.25, 0.3) is 22.1 Å². The first-order chi connectivity index (χ1) is 17.2. The van der Waals surface area contributed by atoms with E-state index in [4.69, 9.17) is 14.4 Å².